The predicted molar refractivity (Wildman–Crippen MR) is 65.1 cm³/mol. The van der Waals surface area contributed by atoms with Gasteiger partial charge in [-0.1, -0.05) is 12.5 Å². The van der Waals surface area contributed by atoms with E-state index in [0.717, 1.165) is 17.8 Å². The Hall–Kier alpha value is -0.710. The van der Waals surface area contributed by atoms with Crippen LogP contribution in [0.4, 0.5) is 0 Å². The SMILES string of the molecule is O=C(COC[C@H]1CCCCN1)c1cccs1. The molecule has 88 valence electrons. The van der Waals surface area contributed by atoms with Gasteiger partial charge in [-0.2, -0.15) is 0 Å². The van der Waals surface area contributed by atoms with Gasteiger partial charge in [0.05, 0.1) is 11.5 Å². The number of nitrogens with one attached hydrogen (secondary N) is 1. The Morgan fingerprint density at radius 1 is 1.56 bits per heavy atom. The van der Waals surface area contributed by atoms with Crippen molar-refractivity contribution in [2.45, 2.75) is 25.3 Å². The molecule has 0 aromatic carbocycles. The second kappa shape index (κ2) is 6.13. The maximum Gasteiger partial charge on any atom is 0.198 e. The van der Waals surface area contributed by atoms with E-state index in [2.05, 4.69) is 5.32 Å². The van der Waals surface area contributed by atoms with Crippen molar-refractivity contribution in [1.82, 2.24) is 5.32 Å². The molecule has 16 heavy (non-hydrogen) atoms. The molecular weight excluding hydrogens is 222 g/mol. The standard InChI is InChI=1S/C12H17NO2S/c14-11(12-5-3-7-16-12)9-15-8-10-4-1-2-6-13-10/h3,5,7,10,13H,1-2,4,6,8-9H2/t10-/m1/s1. The number of ether oxygens (including phenoxy) is 1. The van der Waals surface area contributed by atoms with Crippen LogP contribution in [-0.4, -0.2) is 31.6 Å². The van der Waals surface area contributed by atoms with E-state index in [1.807, 2.05) is 17.5 Å². The van der Waals surface area contributed by atoms with Crippen molar-refractivity contribution in [2.75, 3.05) is 19.8 Å². The van der Waals surface area contributed by atoms with Gasteiger partial charge in [-0.15, -0.1) is 11.3 Å². The molecule has 1 aromatic heterocycles. The second-order valence-corrected chi connectivity index (χ2v) is 5.01. The summed E-state index contributed by atoms with van der Waals surface area (Å²) in [6.45, 7) is 1.93. The van der Waals surface area contributed by atoms with Crippen LogP contribution >= 0.6 is 11.3 Å². The highest BCUT2D eigenvalue weighted by atomic mass is 32.1. The van der Waals surface area contributed by atoms with Crippen LogP contribution in [0.2, 0.25) is 0 Å². The summed E-state index contributed by atoms with van der Waals surface area (Å²) < 4.78 is 5.45. The van der Waals surface area contributed by atoms with Gasteiger partial charge >= 0.3 is 0 Å². The zero-order valence-corrected chi connectivity index (χ0v) is 10.1. The van der Waals surface area contributed by atoms with Crippen molar-refractivity contribution >= 4 is 17.1 Å². The lowest BCUT2D eigenvalue weighted by molar-refractivity contribution is 0.0695. The zero-order chi connectivity index (χ0) is 11.2. The summed E-state index contributed by atoms with van der Waals surface area (Å²) in [7, 11) is 0. The minimum absolute atomic E-state index is 0.0887. The number of ketones is 1. The molecule has 4 heteroatoms. The molecule has 1 aromatic rings. The number of piperidine rings is 1. The van der Waals surface area contributed by atoms with Crippen LogP contribution in [0.1, 0.15) is 28.9 Å². The van der Waals surface area contributed by atoms with Crippen LogP contribution in [0.15, 0.2) is 17.5 Å². The minimum atomic E-state index is 0.0887. The maximum atomic E-state index is 11.6. The lowest BCUT2D eigenvalue weighted by atomic mass is 10.1. The van der Waals surface area contributed by atoms with Gasteiger partial charge in [0.1, 0.15) is 6.61 Å². The zero-order valence-electron chi connectivity index (χ0n) is 9.28. The van der Waals surface area contributed by atoms with Gasteiger partial charge in [0.15, 0.2) is 5.78 Å². The Labute approximate surface area is 99.8 Å². The third-order valence-corrected chi connectivity index (χ3v) is 3.67. The molecule has 0 bridgehead atoms. The third-order valence-electron chi connectivity index (χ3n) is 2.76. The molecule has 0 amide bonds. The first-order chi connectivity index (χ1) is 7.86. The van der Waals surface area contributed by atoms with Gasteiger partial charge in [0, 0.05) is 6.04 Å². The van der Waals surface area contributed by atoms with E-state index in [1.54, 1.807) is 0 Å². The first-order valence-electron chi connectivity index (χ1n) is 5.74. The fourth-order valence-corrected chi connectivity index (χ4v) is 2.52. The molecule has 1 fully saturated rings. The first kappa shape index (κ1) is 11.8. The summed E-state index contributed by atoms with van der Waals surface area (Å²) in [6.07, 6.45) is 3.68. The Kier molecular flexibility index (Phi) is 4.51. The molecule has 0 radical (unpaired) electrons. The Bertz CT molecular complexity index is 318. The molecule has 0 unspecified atom stereocenters. The summed E-state index contributed by atoms with van der Waals surface area (Å²) in [5.41, 5.74) is 0. The van der Waals surface area contributed by atoms with Gasteiger partial charge in [-0.3, -0.25) is 4.79 Å². The molecule has 0 saturated carbocycles. The van der Waals surface area contributed by atoms with Crippen LogP contribution in [-0.2, 0) is 4.74 Å². The summed E-state index contributed by atoms with van der Waals surface area (Å²) in [5, 5.41) is 5.31. The highest BCUT2D eigenvalue weighted by Crippen LogP contribution is 2.10. The largest absolute Gasteiger partial charge is 0.372 e. The van der Waals surface area contributed by atoms with E-state index in [4.69, 9.17) is 4.74 Å². The van der Waals surface area contributed by atoms with E-state index < -0.39 is 0 Å². The molecule has 2 heterocycles. The van der Waals surface area contributed by atoms with Crippen molar-refractivity contribution in [3.05, 3.63) is 22.4 Å². The normalized spacial score (nSPS) is 20.9. The lowest BCUT2D eigenvalue weighted by Gasteiger charge is -2.22. The average molecular weight is 239 g/mol. The summed E-state index contributed by atoms with van der Waals surface area (Å²) >= 11 is 1.47. The van der Waals surface area contributed by atoms with Crippen molar-refractivity contribution < 1.29 is 9.53 Å². The van der Waals surface area contributed by atoms with Crippen molar-refractivity contribution in [3.8, 4) is 0 Å². The first-order valence-corrected chi connectivity index (χ1v) is 6.62. The number of hydrogen-bond acceptors (Lipinski definition) is 4. The molecule has 1 atom stereocenters. The molecule has 1 aliphatic rings. The Morgan fingerprint density at radius 2 is 2.50 bits per heavy atom. The predicted octanol–water partition coefficient (Wildman–Crippen LogP) is 2.09. The number of rotatable bonds is 5. The van der Waals surface area contributed by atoms with Crippen LogP contribution < -0.4 is 5.32 Å². The van der Waals surface area contributed by atoms with Gasteiger partial charge in [0.2, 0.25) is 0 Å². The molecule has 1 N–H and O–H groups in total. The van der Waals surface area contributed by atoms with Crippen LogP contribution in [0.25, 0.3) is 0 Å². The average Bonchev–Trinajstić information content (AvgIpc) is 2.84. The maximum absolute atomic E-state index is 11.6. The monoisotopic (exact) mass is 239 g/mol. The van der Waals surface area contributed by atoms with E-state index in [-0.39, 0.29) is 12.4 Å². The van der Waals surface area contributed by atoms with E-state index in [0.29, 0.717) is 12.6 Å². The minimum Gasteiger partial charge on any atom is -0.372 e. The quantitative estimate of drug-likeness (QED) is 0.800. The topological polar surface area (TPSA) is 38.3 Å². The highest BCUT2D eigenvalue weighted by Gasteiger charge is 2.13. The Morgan fingerprint density at radius 3 is 3.19 bits per heavy atom. The smallest absolute Gasteiger partial charge is 0.198 e. The molecular formula is C12H17NO2S. The fourth-order valence-electron chi connectivity index (χ4n) is 1.87. The van der Waals surface area contributed by atoms with E-state index in [9.17, 15) is 4.79 Å². The molecule has 2 rings (SSSR count). The number of hydrogen-bond donors (Lipinski definition) is 1. The van der Waals surface area contributed by atoms with Crippen molar-refractivity contribution in [1.29, 1.82) is 0 Å². The van der Waals surface area contributed by atoms with Gasteiger partial charge in [0.25, 0.3) is 0 Å². The van der Waals surface area contributed by atoms with Gasteiger partial charge in [-0.25, -0.2) is 0 Å². The van der Waals surface area contributed by atoms with E-state index in [1.165, 1.54) is 24.2 Å². The summed E-state index contributed by atoms with van der Waals surface area (Å²) in [4.78, 5) is 12.4. The number of carbonyl (C=O) groups is 1. The van der Waals surface area contributed by atoms with Crippen LogP contribution in [0.5, 0.6) is 0 Å². The summed E-state index contributed by atoms with van der Waals surface area (Å²) in [6, 6.07) is 4.17. The molecule has 0 aliphatic carbocycles. The number of Topliss-reactive ketones (excluding diaryl/α,β-unsaturated/α-hetero) is 1. The molecule has 0 spiro atoms. The second-order valence-electron chi connectivity index (χ2n) is 4.06. The van der Waals surface area contributed by atoms with E-state index >= 15 is 0 Å². The summed E-state index contributed by atoms with van der Waals surface area (Å²) in [5.74, 6) is 0.0887. The van der Waals surface area contributed by atoms with Crippen LogP contribution in [0, 0.1) is 0 Å². The molecule has 3 nitrogen and oxygen atoms in total. The Balaban J connectivity index is 1.66. The highest BCUT2D eigenvalue weighted by molar-refractivity contribution is 7.12. The third kappa shape index (κ3) is 3.40. The molecule has 1 saturated heterocycles. The number of carbonyl (C=O) groups excluding carboxylic acids is 1. The molecule has 1 aliphatic heterocycles. The van der Waals surface area contributed by atoms with Gasteiger partial charge < -0.3 is 10.1 Å². The van der Waals surface area contributed by atoms with Crippen LogP contribution in [0.3, 0.4) is 0 Å². The van der Waals surface area contributed by atoms with Gasteiger partial charge in [-0.05, 0) is 30.8 Å². The number of thiophene rings is 1. The fraction of sp³-hybridized carbons (Fsp3) is 0.583. The lowest BCUT2D eigenvalue weighted by Crippen LogP contribution is -2.38. The van der Waals surface area contributed by atoms with Crippen molar-refractivity contribution in [3.63, 3.8) is 0 Å². The van der Waals surface area contributed by atoms with Crippen molar-refractivity contribution in [2.24, 2.45) is 0 Å².